The first kappa shape index (κ1) is 59.1. The van der Waals surface area contributed by atoms with E-state index in [-0.39, 0.29) is 12.5 Å². The SMILES string of the molecule is CCCCCCCCCCCCCCCCCC(=O)NC(COC1OC(CO)C(OC2OC(CO)C(O)C(O)C2O)C(O)C1O)C(O)CCCCCCCCCCCCCCCCC. The molecule has 0 saturated carbocycles. The van der Waals surface area contributed by atoms with E-state index in [0.717, 1.165) is 51.4 Å². The number of unbranched alkanes of at least 4 members (excludes halogenated alkanes) is 28. The van der Waals surface area contributed by atoms with Crippen LogP contribution in [0.3, 0.4) is 0 Å². The number of rotatable bonds is 41. The first-order valence-electron chi connectivity index (χ1n) is 26.3. The lowest BCUT2D eigenvalue weighted by Gasteiger charge is -2.46. The van der Waals surface area contributed by atoms with Crippen LogP contribution in [0.2, 0.25) is 0 Å². The van der Waals surface area contributed by atoms with Crippen LogP contribution in [0.5, 0.6) is 0 Å². The molecule has 2 aliphatic heterocycles. The zero-order valence-corrected chi connectivity index (χ0v) is 40.3. The first-order chi connectivity index (χ1) is 31.1. The molecular weight excluding hydrogens is 823 g/mol. The fraction of sp³-hybridized carbons (Fsp3) is 0.980. The second kappa shape index (κ2) is 37.9. The van der Waals surface area contributed by atoms with Crippen molar-refractivity contribution in [1.82, 2.24) is 5.32 Å². The molecule has 2 aliphatic rings. The van der Waals surface area contributed by atoms with Gasteiger partial charge in [0.05, 0.1) is 32.0 Å². The molecule has 0 aromatic rings. The number of aliphatic hydroxyl groups excluding tert-OH is 8. The maximum absolute atomic E-state index is 13.2. The van der Waals surface area contributed by atoms with Crippen LogP contribution in [-0.2, 0) is 23.7 Å². The van der Waals surface area contributed by atoms with E-state index in [0.29, 0.717) is 12.8 Å². The molecule has 0 aliphatic carbocycles. The van der Waals surface area contributed by atoms with Gasteiger partial charge < -0.3 is 65.1 Å². The maximum Gasteiger partial charge on any atom is 0.220 e. The quantitative estimate of drug-likeness (QED) is 0.0282. The van der Waals surface area contributed by atoms with Gasteiger partial charge in [0.2, 0.25) is 5.91 Å². The van der Waals surface area contributed by atoms with Crippen LogP contribution in [0.1, 0.15) is 219 Å². The summed E-state index contributed by atoms with van der Waals surface area (Å²) in [6.07, 6.45) is 21.0. The molecule has 380 valence electrons. The highest BCUT2D eigenvalue weighted by Crippen LogP contribution is 2.30. The summed E-state index contributed by atoms with van der Waals surface area (Å²) < 4.78 is 22.8. The Morgan fingerprint density at radius 1 is 0.500 bits per heavy atom. The van der Waals surface area contributed by atoms with Crippen LogP contribution in [0.15, 0.2) is 0 Å². The lowest BCUT2D eigenvalue weighted by molar-refractivity contribution is -0.359. The van der Waals surface area contributed by atoms with Crippen molar-refractivity contribution in [2.75, 3.05) is 19.8 Å². The van der Waals surface area contributed by atoms with Gasteiger partial charge in [-0.05, 0) is 12.8 Å². The van der Waals surface area contributed by atoms with Gasteiger partial charge in [-0.1, -0.05) is 200 Å². The number of amides is 1. The minimum Gasteiger partial charge on any atom is -0.394 e. The van der Waals surface area contributed by atoms with Crippen molar-refractivity contribution < 1.29 is 64.6 Å². The lowest BCUT2D eigenvalue weighted by Crippen LogP contribution is -2.65. The number of carbonyl (C=O) groups is 1. The monoisotopic (exact) mass is 920 g/mol. The molecule has 2 fully saturated rings. The van der Waals surface area contributed by atoms with Crippen molar-refractivity contribution in [2.45, 2.75) is 293 Å². The van der Waals surface area contributed by atoms with Gasteiger partial charge in [-0.15, -0.1) is 0 Å². The zero-order chi connectivity index (χ0) is 46.8. The molecule has 64 heavy (non-hydrogen) atoms. The van der Waals surface area contributed by atoms with Gasteiger partial charge in [0, 0.05) is 6.42 Å². The number of aliphatic hydroxyl groups is 8. The predicted molar refractivity (Wildman–Crippen MR) is 249 cm³/mol. The van der Waals surface area contributed by atoms with Crippen LogP contribution in [0.4, 0.5) is 0 Å². The fourth-order valence-corrected chi connectivity index (χ4v) is 9.00. The number of hydrogen-bond donors (Lipinski definition) is 9. The fourth-order valence-electron chi connectivity index (χ4n) is 9.00. The Kier molecular flexibility index (Phi) is 35.0. The highest BCUT2D eigenvalue weighted by molar-refractivity contribution is 5.76. The third kappa shape index (κ3) is 24.8. The molecular formula is C50H97NO13. The van der Waals surface area contributed by atoms with E-state index in [9.17, 15) is 45.6 Å². The van der Waals surface area contributed by atoms with Crippen LogP contribution < -0.4 is 5.32 Å². The number of nitrogens with one attached hydrogen (secondary N) is 1. The summed E-state index contributed by atoms with van der Waals surface area (Å²) in [6, 6.07) is -0.820. The highest BCUT2D eigenvalue weighted by Gasteiger charge is 2.51. The predicted octanol–water partition coefficient (Wildman–Crippen LogP) is 7.00. The topological polar surface area (TPSA) is 228 Å². The third-order valence-electron chi connectivity index (χ3n) is 13.3. The molecule has 0 aromatic heterocycles. The molecule has 0 spiro atoms. The molecule has 14 heteroatoms. The van der Waals surface area contributed by atoms with E-state index in [1.165, 1.54) is 141 Å². The smallest absolute Gasteiger partial charge is 0.220 e. The lowest BCUT2D eigenvalue weighted by atomic mass is 9.97. The van der Waals surface area contributed by atoms with Crippen molar-refractivity contribution in [2.24, 2.45) is 0 Å². The molecule has 0 radical (unpaired) electrons. The summed E-state index contributed by atoms with van der Waals surface area (Å²) >= 11 is 0. The maximum atomic E-state index is 13.2. The summed E-state index contributed by atoms with van der Waals surface area (Å²) in [7, 11) is 0. The van der Waals surface area contributed by atoms with Gasteiger partial charge in [-0.3, -0.25) is 4.79 Å². The largest absolute Gasteiger partial charge is 0.394 e. The number of ether oxygens (including phenoxy) is 4. The molecule has 12 atom stereocenters. The summed E-state index contributed by atoms with van der Waals surface area (Å²) in [6.45, 7) is 2.87. The van der Waals surface area contributed by atoms with Gasteiger partial charge in [0.1, 0.15) is 48.8 Å². The van der Waals surface area contributed by atoms with E-state index in [1.807, 2.05) is 0 Å². The highest BCUT2D eigenvalue weighted by atomic mass is 16.7. The van der Waals surface area contributed by atoms with Crippen LogP contribution >= 0.6 is 0 Å². The molecule has 9 N–H and O–H groups in total. The van der Waals surface area contributed by atoms with Gasteiger partial charge in [-0.2, -0.15) is 0 Å². The Hall–Kier alpha value is -1.01. The zero-order valence-electron chi connectivity index (χ0n) is 40.3. The Morgan fingerprint density at radius 2 is 0.891 bits per heavy atom. The second-order valence-electron chi connectivity index (χ2n) is 19.0. The molecule has 1 amide bonds. The van der Waals surface area contributed by atoms with Crippen molar-refractivity contribution in [3.8, 4) is 0 Å². The molecule has 14 nitrogen and oxygen atoms in total. The second-order valence-corrected chi connectivity index (χ2v) is 19.0. The van der Waals surface area contributed by atoms with Crippen LogP contribution in [-0.4, -0.2) is 140 Å². The van der Waals surface area contributed by atoms with E-state index in [4.69, 9.17) is 18.9 Å². The summed E-state index contributed by atoms with van der Waals surface area (Å²) in [5.74, 6) is -0.204. The Morgan fingerprint density at radius 3 is 1.33 bits per heavy atom. The van der Waals surface area contributed by atoms with Gasteiger partial charge in [0.25, 0.3) is 0 Å². The third-order valence-corrected chi connectivity index (χ3v) is 13.3. The minimum absolute atomic E-state index is 0.204. The average molecular weight is 920 g/mol. The minimum atomic E-state index is -1.78. The van der Waals surface area contributed by atoms with E-state index >= 15 is 0 Å². The van der Waals surface area contributed by atoms with Crippen LogP contribution in [0, 0.1) is 0 Å². The Bertz CT molecular complexity index is 1090. The van der Waals surface area contributed by atoms with Crippen molar-refractivity contribution in [1.29, 1.82) is 0 Å². The van der Waals surface area contributed by atoms with Gasteiger partial charge >= 0.3 is 0 Å². The standard InChI is InChI=1S/C50H97NO13/c1-3-5-7-9-11-13-15-17-19-21-23-25-27-29-31-33-39(54)38(51-42(55)34-32-30-28-26-24-22-20-18-16-14-12-10-8-6-4-2)37-61-49-47(60)45(58)48(41(36-53)63-49)64-50-46(59)44(57)43(56)40(35-52)62-50/h38-41,43-50,52-54,56-60H,3-37H2,1-2H3,(H,51,55). The average Bonchev–Trinajstić information content (AvgIpc) is 3.29. The molecule has 2 heterocycles. The van der Waals surface area contributed by atoms with Crippen molar-refractivity contribution in [3.63, 3.8) is 0 Å². The van der Waals surface area contributed by atoms with Crippen LogP contribution in [0.25, 0.3) is 0 Å². The molecule has 0 bridgehead atoms. The summed E-state index contributed by atoms with van der Waals surface area (Å²) in [5.41, 5.74) is 0. The van der Waals surface area contributed by atoms with Crippen molar-refractivity contribution in [3.05, 3.63) is 0 Å². The number of carbonyl (C=O) groups excluding carboxylic acids is 1. The van der Waals surface area contributed by atoms with Gasteiger partial charge in [0.15, 0.2) is 12.6 Å². The van der Waals surface area contributed by atoms with E-state index < -0.39 is 86.8 Å². The normalized spacial score (nSPS) is 27.2. The number of hydrogen-bond acceptors (Lipinski definition) is 13. The van der Waals surface area contributed by atoms with Crippen molar-refractivity contribution >= 4 is 5.91 Å². The van der Waals surface area contributed by atoms with E-state index in [1.54, 1.807) is 0 Å². The Balaban J connectivity index is 1.82. The van der Waals surface area contributed by atoms with Gasteiger partial charge in [-0.25, -0.2) is 0 Å². The molecule has 0 aromatic carbocycles. The molecule has 12 unspecified atom stereocenters. The summed E-state index contributed by atoms with van der Waals surface area (Å²) in [5, 5.41) is 86.9. The Labute approximate surface area is 387 Å². The summed E-state index contributed by atoms with van der Waals surface area (Å²) in [4.78, 5) is 13.2. The molecule has 2 saturated heterocycles. The van der Waals surface area contributed by atoms with E-state index in [2.05, 4.69) is 19.2 Å². The first-order valence-corrected chi connectivity index (χ1v) is 26.3. The molecule has 2 rings (SSSR count).